The van der Waals surface area contributed by atoms with E-state index in [4.69, 9.17) is 4.74 Å². The molecule has 1 rings (SSSR count). The first-order valence-corrected chi connectivity index (χ1v) is 7.89. The van der Waals surface area contributed by atoms with Crippen molar-refractivity contribution >= 4 is 35.5 Å². The average molecular weight is 321 g/mol. The second-order valence-electron chi connectivity index (χ2n) is 4.56. The molecular formula is C12H17O6S2-. The maximum atomic E-state index is 12.0. The molecule has 3 atom stereocenters. The minimum absolute atomic E-state index is 0.00797. The maximum Gasteiger partial charge on any atom is 0.341 e. The highest BCUT2D eigenvalue weighted by Crippen LogP contribution is 2.46. The Hall–Kier alpha value is -0.700. The van der Waals surface area contributed by atoms with Crippen LogP contribution in [0.4, 0.5) is 0 Å². The quantitative estimate of drug-likeness (QED) is 0.316. The molecule has 0 spiro atoms. The SMILES string of the molecule is CCC(OC(=O)C(C(=O)[O-])=C1SC(O)C(O)S1)C(C)C. The Balaban J connectivity index is 2.95. The number of aliphatic hydroxyl groups excluding tert-OH is 2. The lowest BCUT2D eigenvalue weighted by atomic mass is 10.1. The first-order chi connectivity index (χ1) is 9.27. The molecule has 1 aliphatic heterocycles. The molecule has 0 aromatic carbocycles. The fourth-order valence-electron chi connectivity index (χ4n) is 1.62. The van der Waals surface area contributed by atoms with E-state index in [-0.39, 0.29) is 10.2 Å². The predicted molar refractivity (Wildman–Crippen MR) is 74.2 cm³/mol. The third-order valence-corrected chi connectivity index (χ3v) is 5.30. The molecular weight excluding hydrogens is 304 g/mol. The molecule has 1 aliphatic rings. The van der Waals surface area contributed by atoms with Crippen molar-refractivity contribution in [2.75, 3.05) is 0 Å². The number of carbonyl (C=O) groups is 2. The number of hydrogen-bond donors (Lipinski definition) is 2. The minimum Gasteiger partial charge on any atom is -0.544 e. The number of ether oxygens (including phenoxy) is 1. The standard InChI is InChI=1S/C12H18O6S2/c1-4-6(5(2)3)18-9(15)7(8(13)14)12-19-10(16)11(17)20-12/h5-6,10-11,16-17H,4H2,1-3H3,(H,13,14)/p-1. The second kappa shape index (κ2) is 7.35. The number of aliphatic carboxylic acids is 1. The predicted octanol–water partition coefficient (Wildman–Crippen LogP) is 0.0425. The van der Waals surface area contributed by atoms with Gasteiger partial charge in [0.1, 0.15) is 22.5 Å². The number of esters is 1. The normalized spacial score (nSPS) is 23.8. The molecule has 0 aliphatic carbocycles. The molecule has 0 amide bonds. The molecule has 3 unspecified atom stereocenters. The van der Waals surface area contributed by atoms with E-state index in [0.717, 1.165) is 0 Å². The third-order valence-electron chi connectivity index (χ3n) is 2.72. The zero-order valence-corrected chi connectivity index (χ0v) is 13.0. The van der Waals surface area contributed by atoms with E-state index in [1.54, 1.807) is 0 Å². The van der Waals surface area contributed by atoms with E-state index in [0.29, 0.717) is 29.9 Å². The van der Waals surface area contributed by atoms with E-state index >= 15 is 0 Å². The van der Waals surface area contributed by atoms with Gasteiger partial charge in [0.2, 0.25) is 0 Å². The van der Waals surface area contributed by atoms with Gasteiger partial charge in [-0.05, 0) is 12.3 Å². The van der Waals surface area contributed by atoms with Crippen LogP contribution in [0.1, 0.15) is 27.2 Å². The van der Waals surface area contributed by atoms with Crippen molar-refractivity contribution in [3.05, 3.63) is 9.81 Å². The van der Waals surface area contributed by atoms with Crippen LogP contribution in [0.2, 0.25) is 0 Å². The van der Waals surface area contributed by atoms with Gasteiger partial charge in [-0.2, -0.15) is 0 Å². The third kappa shape index (κ3) is 4.15. The molecule has 20 heavy (non-hydrogen) atoms. The molecule has 2 N–H and O–H groups in total. The van der Waals surface area contributed by atoms with Crippen molar-refractivity contribution in [3.63, 3.8) is 0 Å². The van der Waals surface area contributed by atoms with Crippen LogP contribution in [0, 0.1) is 5.92 Å². The summed E-state index contributed by atoms with van der Waals surface area (Å²) < 4.78 is 5.17. The fourth-order valence-corrected chi connectivity index (χ4v) is 4.01. The van der Waals surface area contributed by atoms with Gasteiger partial charge in [0.25, 0.3) is 0 Å². The van der Waals surface area contributed by atoms with Gasteiger partial charge in [0.15, 0.2) is 0 Å². The van der Waals surface area contributed by atoms with Crippen molar-refractivity contribution in [2.45, 2.75) is 44.2 Å². The van der Waals surface area contributed by atoms with Crippen LogP contribution in [-0.4, -0.2) is 39.1 Å². The van der Waals surface area contributed by atoms with E-state index in [2.05, 4.69) is 0 Å². The fraction of sp³-hybridized carbons (Fsp3) is 0.667. The van der Waals surface area contributed by atoms with Crippen LogP contribution in [0.25, 0.3) is 0 Å². The Morgan fingerprint density at radius 3 is 2.15 bits per heavy atom. The Kier molecular flexibility index (Phi) is 6.38. The Morgan fingerprint density at radius 2 is 1.80 bits per heavy atom. The molecule has 0 aromatic heterocycles. The van der Waals surface area contributed by atoms with Gasteiger partial charge in [-0.1, -0.05) is 44.3 Å². The van der Waals surface area contributed by atoms with Gasteiger partial charge in [-0.15, -0.1) is 0 Å². The summed E-state index contributed by atoms with van der Waals surface area (Å²) in [4.78, 5) is 23.1. The molecule has 8 heteroatoms. The molecule has 1 heterocycles. The summed E-state index contributed by atoms with van der Waals surface area (Å²) in [5, 5.41) is 29.9. The van der Waals surface area contributed by atoms with Crippen LogP contribution < -0.4 is 5.11 Å². The van der Waals surface area contributed by atoms with Crippen molar-refractivity contribution in [1.82, 2.24) is 0 Å². The largest absolute Gasteiger partial charge is 0.544 e. The molecule has 0 radical (unpaired) electrons. The molecule has 6 nitrogen and oxygen atoms in total. The topological polar surface area (TPSA) is 107 Å². The summed E-state index contributed by atoms with van der Waals surface area (Å²) in [6.45, 7) is 5.55. The molecule has 0 aromatic rings. The summed E-state index contributed by atoms with van der Waals surface area (Å²) in [5.41, 5.74) is -3.00. The lowest BCUT2D eigenvalue weighted by Crippen LogP contribution is -2.33. The molecule has 0 bridgehead atoms. The lowest BCUT2D eigenvalue weighted by Gasteiger charge is -2.21. The number of hydrogen-bond acceptors (Lipinski definition) is 8. The van der Waals surface area contributed by atoms with Crippen molar-refractivity contribution < 1.29 is 29.6 Å². The molecule has 114 valence electrons. The highest BCUT2D eigenvalue weighted by Gasteiger charge is 2.34. The maximum absolute atomic E-state index is 12.0. The Labute approximate surface area is 125 Å². The Bertz CT molecular complexity index is 408. The monoisotopic (exact) mass is 321 g/mol. The van der Waals surface area contributed by atoms with Crippen molar-refractivity contribution in [3.8, 4) is 0 Å². The van der Waals surface area contributed by atoms with E-state index in [1.807, 2.05) is 20.8 Å². The number of carboxylic acid groups (broad SMARTS) is 1. The number of carbonyl (C=O) groups excluding carboxylic acids is 2. The zero-order chi connectivity index (χ0) is 15.4. The summed E-state index contributed by atoms with van der Waals surface area (Å²) in [5.74, 6) is -2.62. The highest BCUT2D eigenvalue weighted by molar-refractivity contribution is 8.25. The van der Waals surface area contributed by atoms with E-state index in [1.165, 1.54) is 0 Å². The first-order valence-electron chi connectivity index (χ1n) is 6.13. The van der Waals surface area contributed by atoms with Gasteiger partial charge in [-0.3, -0.25) is 0 Å². The van der Waals surface area contributed by atoms with Gasteiger partial charge in [0.05, 0.1) is 10.2 Å². The van der Waals surface area contributed by atoms with Gasteiger partial charge in [0, 0.05) is 0 Å². The van der Waals surface area contributed by atoms with Crippen molar-refractivity contribution in [1.29, 1.82) is 0 Å². The molecule has 1 saturated heterocycles. The first kappa shape index (κ1) is 17.4. The van der Waals surface area contributed by atoms with Crippen LogP contribution in [0.3, 0.4) is 0 Å². The van der Waals surface area contributed by atoms with Gasteiger partial charge < -0.3 is 24.9 Å². The van der Waals surface area contributed by atoms with Crippen LogP contribution in [-0.2, 0) is 14.3 Å². The van der Waals surface area contributed by atoms with E-state index < -0.39 is 34.5 Å². The van der Waals surface area contributed by atoms with Crippen molar-refractivity contribution in [2.24, 2.45) is 5.92 Å². The van der Waals surface area contributed by atoms with E-state index in [9.17, 15) is 24.9 Å². The summed E-state index contributed by atoms with van der Waals surface area (Å²) in [6, 6.07) is 0. The number of carboxylic acids is 1. The Morgan fingerprint density at radius 1 is 1.30 bits per heavy atom. The number of thioether (sulfide) groups is 2. The summed E-state index contributed by atoms with van der Waals surface area (Å²) >= 11 is 1.42. The smallest absolute Gasteiger partial charge is 0.341 e. The van der Waals surface area contributed by atoms with Gasteiger partial charge in [-0.25, -0.2) is 4.79 Å². The number of rotatable bonds is 5. The number of aliphatic hydroxyl groups is 2. The highest BCUT2D eigenvalue weighted by atomic mass is 32.2. The molecule has 0 saturated carbocycles. The molecule has 1 fully saturated rings. The minimum atomic E-state index is -1.68. The zero-order valence-electron chi connectivity index (χ0n) is 11.4. The summed E-state index contributed by atoms with van der Waals surface area (Å²) in [7, 11) is 0. The van der Waals surface area contributed by atoms with Crippen LogP contribution in [0.15, 0.2) is 9.81 Å². The van der Waals surface area contributed by atoms with Crippen LogP contribution in [0.5, 0.6) is 0 Å². The second-order valence-corrected chi connectivity index (χ2v) is 7.08. The average Bonchev–Trinajstić information content (AvgIpc) is 2.65. The van der Waals surface area contributed by atoms with Crippen LogP contribution >= 0.6 is 23.5 Å². The lowest BCUT2D eigenvalue weighted by molar-refractivity contribution is -0.299. The summed E-state index contributed by atoms with van der Waals surface area (Å²) in [6.07, 6.45) is 0.161. The van der Waals surface area contributed by atoms with Gasteiger partial charge >= 0.3 is 5.97 Å².